The van der Waals surface area contributed by atoms with Crippen molar-refractivity contribution in [1.82, 2.24) is 0 Å². The van der Waals surface area contributed by atoms with Crippen LogP contribution < -0.4 is 14.4 Å². The molecule has 154 valence electrons. The van der Waals surface area contributed by atoms with Crippen LogP contribution in [0.1, 0.15) is 6.92 Å². The first-order valence-corrected chi connectivity index (χ1v) is 10.4. The molecule has 1 amide bonds. The van der Waals surface area contributed by atoms with Gasteiger partial charge in [0.1, 0.15) is 18.4 Å². The zero-order valence-corrected chi connectivity index (χ0v) is 16.8. The van der Waals surface area contributed by atoms with Crippen LogP contribution in [0.5, 0.6) is 5.75 Å². The van der Waals surface area contributed by atoms with E-state index in [-0.39, 0.29) is 11.4 Å². The molecule has 0 aliphatic heterocycles. The number of benzene rings is 2. The van der Waals surface area contributed by atoms with Gasteiger partial charge in [0.25, 0.3) is 5.69 Å². The molecule has 0 aliphatic carbocycles. The van der Waals surface area contributed by atoms with E-state index in [4.69, 9.17) is 4.74 Å². The molecule has 1 N–H and O–H groups in total. The van der Waals surface area contributed by atoms with Gasteiger partial charge in [-0.05, 0) is 37.3 Å². The number of non-ortho nitro benzene ring substituents is 1. The Labute approximate surface area is 168 Å². The molecule has 10 heteroatoms. The van der Waals surface area contributed by atoms with Crippen molar-refractivity contribution in [1.29, 1.82) is 0 Å². The standard InChI is InChI=1S/C19H21N3O6S/c1-4-12-28-18-10-8-15(9-11-18)20-19(23)14(2)21(29(3,26)27)16-6-5-7-17(13-16)22(24)25/h4-11,13-14H,1,12H2,2-3H3,(H,20,23). The first kappa shape index (κ1) is 21.9. The van der Waals surface area contributed by atoms with Crippen LogP contribution in [-0.4, -0.2) is 38.2 Å². The number of rotatable bonds is 9. The van der Waals surface area contributed by atoms with Crippen LogP contribution in [0.2, 0.25) is 0 Å². The lowest BCUT2D eigenvalue weighted by Gasteiger charge is -2.28. The van der Waals surface area contributed by atoms with E-state index in [0.29, 0.717) is 18.0 Å². The summed E-state index contributed by atoms with van der Waals surface area (Å²) in [6, 6.07) is 10.5. The maximum absolute atomic E-state index is 12.7. The van der Waals surface area contributed by atoms with Gasteiger partial charge in [-0.15, -0.1) is 0 Å². The maximum Gasteiger partial charge on any atom is 0.271 e. The third-order valence-electron chi connectivity index (χ3n) is 3.87. The first-order valence-electron chi connectivity index (χ1n) is 8.52. The molecular formula is C19H21N3O6S. The molecule has 2 aromatic rings. The number of carbonyl (C=O) groups excluding carboxylic acids is 1. The van der Waals surface area contributed by atoms with Gasteiger partial charge in [0.2, 0.25) is 15.9 Å². The van der Waals surface area contributed by atoms with E-state index in [0.717, 1.165) is 16.6 Å². The summed E-state index contributed by atoms with van der Waals surface area (Å²) in [6.07, 6.45) is 2.53. The number of anilines is 2. The van der Waals surface area contributed by atoms with Crippen LogP contribution in [-0.2, 0) is 14.8 Å². The number of hydrogen-bond donors (Lipinski definition) is 1. The minimum atomic E-state index is -3.89. The Balaban J connectivity index is 2.24. The molecule has 0 spiro atoms. The second-order valence-corrected chi connectivity index (χ2v) is 7.98. The molecule has 0 saturated carbocycles. The topological polar surface area (TPSA) is 119 Å². The van der Waals surface area contributed by atoms with Crippen LogP contribution in [0, 0.1) is 10.1 Å². The van der Waals surface area contributed by atoms with Crippen molar-refractivity contribution in [3.05, 3.63) is 71.3 Å². The molecule has 0 radical (unpaired) electrons. The van der Waals surface area contributed by atoms with Crippen LogP contribution in [0.15, 0.2) is 61.2 Å². The second kappa shape index (κ2) is 9.20. The van der Waals surface area contributed by atoms with Crippen molar-refractivity contribution in [2.75, 3.05) is 22.5 Å². The molecule has 2 rings (SSSR count). The third kappa shape index (κ3) is 5.79. The number of hydrogen-bond acceptors (Lipinski definition) is 6. The number of nitro benzene ring substituents is 1. The van der Waals surface area contributed by atoms with Crippen LogP contribution in [0.3, 0.4) is 0 Å². The quantitative estimate of drug-likeness (QED) is 0.379. The molecule has 0 aromatic heterocycles. The molecular weight excluding hydrogens is 398 g/mol. The highest BCUT2D eigenvalue weighted by Crippen LogP contribution is 2.26. The molecule has 0 aliphatic rings. The van der Waals surface area contributed by atoms with Crippen LogP contribution >= 0.6 is 0 Å². The zero-order chi connectivity index (χ0) is 21.6. The first-order chi connectivity index (χ1) is 13.6. The van der Waals surface area contributed by atoms with E-state index in [2.05, 4.69) is 11.9 Å². The highest BCUT2D eigenvalue weighted by molar-refractivity contribution is 7.92. The molecule has 1 atom stereocenters. The lowest BCUT2D eigenvalue weighted by atomic mass is 10.2. The number of ether oxygens (including phenoxy) is 1. The van der Waals surface area contributed by atoms with E-state index < -0.39 is 26.9 Å². The number of nitro groups is 1. The van der Waals surface area contributed by atoms with Gasteiger partial charge in [0, 0.05) is 17.8 Å². The Morgan fingerprint density at radius 2 is 1.97 bits per heavy atom. The summed E-state index contributed by atoms with van der Waals surface area (Å²) >= 11 is 0. The van der Waals surface area contributed by atoms with E-state index in [1.165, 1.54) is 25.1 Å². The summed E-state index contributed by atoms with van der Waals surface area (Å²) in [5, 5.41) is 13.6. The Kier molecular flexibility index (Phi) is 6.94. The summed E-state index contributed by atoms with van der Waals surface area (Å²) < 4.78 is 30.8. The van der Waals surface area contributed by atoms with Crippen molar-refractivity contribution >= 4 is 33.0 Å². The zero-order valence-electron chi connectivity index (χ0n) is 15.9. The lowest BCUT2D eigenvalue weighted by molar-refractivity contribution is -0.384. The van der Waals surface area contributed by atoms with Crippen molar-refractivity contribution < 1.29 is 22.9 Å². The molecule has 2 aromatic carbocycles. The fourth-order valence-electron chi connectivity index (χ4n) is 2.59. The van der Waals surface area contributed by atoms with E-state index >= 15 is 0 Å². The van der Waals surface area contributed by atoms with Gasteiger partial charge < -0.3 is 10.1 Å². The van der Waals surface area contributed by atoms with Gasteiger partial charge in [-0.25, -0.2) is 8.42 Å². The number of nitrogens with one attached hydrogen (secondary N) is 1. The highest BCUT2D eigenvalue weighted by atomic mass is 32.2. The van der Waals surface area contributed by atoms with Gasteiger partial charge in [-0.3, -0.25) is 19.2 Å². The number of carbonyl (C=O) groups is 1. The van der Waals surface area contributed by atoms with Crippen LogP contribution in [0.25, 0.3) is 0 Å². The molecule has 29 heavy (non-hydrogen) atoms. The predicted octanol–water partition coefficient (Wildman–Crippen LogP) is 2.95. The highest BCUT2D eigenvalue weighted by Gasteiger charge is 2.30. The Morgan fingerprint density at radius 1 is 1.31 bits per heavy atom. The summed E-state index contributed by atoms with van der Waals surface area (Å²) in [5.74, 6) is -0.00741. The molecule has 0 heterocycles. The Bertz CT molecular complexity index is 1000. The SMILES string of the molecule is C=CCOc1ccc(NC(=O)C(C)N(c2cccc([N+](=O)[O-])c2)S(C)(=O)=O)cc1. The minimum absolute atomic E-state index is 0.0255. The van der Waals surface area contributed by atoms with Crippen LogP contribution in [0.4, 0.5) is 17.1 Å². The molecule has 0 bridgehead atoms. The summed E-state index contributed by atoms with van der Waals surface area (Å²) in [5.41, 5.74) is 0.191. The smallest absolute Gasteiger partial charge is 0.271 e. The van der Waals surface area contributed by atoms with Crippen molar-refractivity contribution in [2.45, 2.75) is 13.0 Å². The van der Waals surface area contributed by atoms with Crippen molar-refractivity contribution in [2.24, 2.45) is 0 Å². The summed E-state index contributed by atoms with van der Waals surface area (Å²) in [7, 11) is -3.89. The fourth-order valence-corrected chi connectivity index (χ4v) is 3.76. The van der Waals surface area contributed by atoms with Gasteiger partial charge in [0.05, 0.1) is 16.9 Å². The van der Waals surface area contributed by atoms with E-state index in [9.17, 15) is 23.3 Å². The Morgan fingerprint density at radius 3 is 2.52 bits per heavy atom. The van der Waals surface area contributed by atoms with E-state index in [1.807, 2.05) is 0 Å². The summed E-state index contributed by atoms with van der Waals surface area (Å²) in [6.45, 7) is 5.30. The Hall–Kier alpha value is -3.40. The number of amides is 1. The van der Waals surface area contributed by atoms with Crippen molar-refractivity contribution in [3.8, 4) is 5.75 Å². The lowest BCUT2D eigenvalue weighted by Crippen LogP contribution is -2.45. The normalized spacial score (nSPS) is 11.9. The molecule has 0 saturated heterocycles. The van der Waals surface area contributed by atoms with E-state index in [1.54, 1.807) is 30.3 Å². The molecule has 1 unspecified atom stereocenters. The molecule has 0 fully saturated rings. The second-order valence-electron chi connectivity index (χ2n) is 6.13. The number of nitrogens with zero attached hydrogens (tertiary/aromatic N) is 2. The van der Waals surface area contributed by atoms with Gasteiger partial charge >= 0.3 is 0 Å². The predicted molar refractivity (Wildman–Crippen MR) is 111 cm³/mol. The monoisotopic (exact) mass is 419 g/mol. The average molecular weight is 419 g/mol. The van der Waals surface area contributed by atoms with Crippen molar-refractivity contribution in [3.63, 3.8) is 0 Å². The summed E-state index contributed by atoms with van der Waals surface area (Å²) in [4.78, 5) is 23.0. The third-order valence-corrected chi connectivity index (χ3v) is 5.11. The van der Waals surface area contributed by atoms with Gasteiger partial charge in [0.15, 0.2) is 0 Å². The largest absolute Gasteiger partial charge is 0.490 e. The van der Waals surface area contributed by atoms with Gasteiger partial charge in [-0.2, -0.15) is 0 Å². The maximum atomic E-state index is 12.7. The minimum Gasteiger partial charge on any atom is -0.490 e. The van der Waals surface area contributed by atoms with Gasteiger partial charge in [-0.1, -0.05) is 18.7 Å². The number of sulfonamides is 1. The average Bonchev–Trinajstić information content (AvgIpc) is 2.66. The molecule has 9 nitrogen and oxygen atoms in total. The fraction of sp³-hybridized carbons (Fsp3) is 0.211.